The fraction of sp³-hybridized carbons (Fsp3) is 0.0625. The highest BCUT2D eigenvalue weighted by molar-refractivity contribution is 7.98. The quantitative estimate of drug-likeness (QED) is 0.565. The monoisotopic (exact) mass is 324 g/mol. The van der Waals surface area contributed by atoms with Crippen LogP contribution in [0.2, 0.25) is 0 Å². The molecule has 4 aromatic rings. The summed E-state index contributed by atoms with van der Waals surface area (Å²) in [6.07, 6.45) is 7.44. The zero-order valence-corrected chi connectivity index (χ0v) is 13.4. The van der Waals surface area contributed by atoms with E-state index in [0.717, 1.165) is 37.1 Å². The molecule has 0 aliphatic rings. The van der Waals surface area contributed by atoms with Gasteiger partial charge in [-0.1, -0.05) is 6.07 Å². The molecule has 0 spiro atoms. The highest BCUT2D eigenvalue weighted by Crippen LogP contribution is 2.31. The van der Waals surface area contributed by atoms with Crippen molar-refractivity contribution in [3.05, 3.63) is 49.1 Å². The second-order valence-electron chi connectivity index (χ2n) is 4.75. The maximum atomic E-state index is 4.72. The molecule has 4 rings (SSSR count). The SMILES string of the molecule is CSc1ccc(-c2nc3cc(-c4cnc[nH]4)ccc3s2)nc1. The van der Waals surface area contributed by atoms with E-state index in [-0.39, 0.29) is 0 Å². The van der Waals surface area contributed by atoms with Gasteiger partial charge in [-0.3, -0.25) is 4.98 Å². The summed E-state index contributed by atoms with van der Waals surface area (Å²) in [5, 5.41) is 0.949. The molecular weight excluding hydrogens is 312 g/mol. The van der Waals surface area contributed by atoms with E-state index in [2.05, 4.69) is 39.2 Å². The van der Waals surface area contributed by atoms with Crippen molar-refractivity contribution in [2.24, 2.45) is 0 Å². The van der Waals surface area contributed by atoms with Crippen molar-refractivity contribution in [1.29, 1.82) is 0 Å². The molecule has 0 unspecified atom stereocenters. The summed E-state index contributed by atoms with van der Waals surface area (Å²) in [5.41, 5.74) is 4.00. The Morgan fingerprint density at radius 2 is 2.09 bits per heavy atom. The number of H-pyrrole nitrogens is 1. The molecule has 0 aliphatic heterocycles. The van der Waals surface area contributed by atoms with Gasteiger partial charge < -0.3 is 4.98 Å². The Bertz CT molecular complexity index is 911. The van der Waals surface area contributed by atoms with Crippen molar-refractivity contribution in [3.8, 4) is 22.0 Å². The van der Waals surface area contributed by atoms with Crippen molar-refractivity contribution in [3.63, 3.8) is 0 Å². The first kappa shape index (κ1) is 13.5. The number of hydrogen-bond donors (Lipinski definition) is 1. The van der Waals surface area contributed by atoms with Crippen LogP contribution in [0.25, 0.3) is 32.2 Å². The number of thioether (sulfide) groups is 1. The number of aromatic amines is 1. The topological polar surface area (TPSA) is 54.5 Å². The number of nitrogens with one attached hydrogen (secondary N) is 1. The van der Waals surface area contributed by atoms with E-state index in [1.807, 2.05) is 24.7 Å². The molecule has 0 aliphatic carbocycles. The molecule has 3 heterocycles. The Morgan fingerprint density at radius 3 is 2.82 bits per heavy atom. The molecular formula is C16H12N4S2. The number of aromatic nitrogens is 4. The molecule has 108 valence electrons. The molecule has 0 radical (unpaired) electrons. The van der Waals surface area contributed by atoms with Gasteiger partial charge in [0.25, 0.3) is 0 Å². The van der Waals surface area contributed by atoms with Gasteiger partial charge in [-0.05, 0) is 30.5 Å². The lowest BCUT2D eigenvalue weighted by atomic mass is 10.1. The number of imidazole rings is 1. The molecule has 4 nitrogen and oxygen atoms in total. The van der Waals surface area contributed by atoms with Gasteiger partial charge in [0, 0.05) is 16.7 Å². The Balaban J connectivity index is 1.76. The van der Waals surface area contributed by atoms with Gasteiger partial charge in [-0.2, -0.15) is 0 Å². The van der Waals surface area contributed by atoms with E-state index in [1.54, 1.807) is 29.4 Å². The summed E-state index contributed by atoms with van der Waals surface area (Å²) < 4.78 is 1.16. The van der Waals surface area contributed by atoms with Gasteiger partial charge in [0.2, 0.25) is 0 Å². The summed E-state index contributed by atoms with van der Waals surface area (Å²) in [6.45, 7) is 0. The third-order valence-corrected chi connectivity index (χ3v) is 5.16. The molecule has 1 aromatic carbocycles. The first-order chi connectivity index (χ1) is 10.8. The maximum absolute atomic E-state index is 4.72. The number of fused-ring (bicyclic) bond motifs is 1. The van der Waals surface area contributed by atoms with E-state index in [1.165, 1.54) is 0 Å². The molecule has 0 fully saturated rings. The van der Waals surface area contributed by atoms with Crippen molar-refractivity contribution >= 4 is 33.3 Å². The van der Waals surface area contributed by atoms with Crippen molar-refractivity contribution in [2.45, 2.75) is 4.90 Å². The zero-order valence-electron chi connectivity index (χ0n) is 11.8. The van der Waals surface area contributed by atoms with Gasteiger partial charge in [-0.25, -0.2) is 9.97 Å². The molecule has 6 heteroatoms. The van der Waals surface area contributed by atoms with E-state index in [9.17, 15) is 0 Å². The second-order valence-corrected chi connectivity index (χ2v) is 6.66. The number of benzene rings is 1. The zero-order chi connectivity index (χ0) is 14.9. The van der Waals surface area contributed by atoms with E-state index in [0.29, 0.717) is 0 Å². The maximum Gasteiger partial charge on any atom is 0.143 e. The highest BCUT2D eigenvalue weighted by atomic mass is 32.2. The summed E-state index contributed by atoms with van der Waals surface area (Å²) in [7, 11) is 0. The van der Waals surface area contributed by atoms with E-state index < -0.39 is 0 Å². The fourth-order valence-electron chi connectivity index (χ4n) is 2.25. The third kappa shape index (κ3) is 2.40. The number of rotatable bonds is 3. The van der Waals surface area contributed by atoms with Crippen LogP contribution in [0.1, 0.15) is 0 Å². The molecule has 0 bridgehead atoms. The fourth-order valence-corrected chi connectivity index (χ4v) is 3.53. The Hall–Kier alpha value is -2.18. The average Bonchev–Trinajstić information content (AvgIpc) is 3.23. The lowest BCUT2D eigenvalue weighted by Gasteiger charge is -1.97. The smallest absolute Gasteiger partial charge is 0.143 e. The average molecular weight is 324 g/mol. The summed E-state index contributed by atoms with van der Waals surface area (Å²) >= 11 is 3.35. The van der Waals surface area contributed by atoms with Crippen LogP contribution in [0.3, 0.4) is 0 Å². The van der Waals surface area contributed by atoms with Crippen LogP contribution in [0.15, 0.2) is 53.9 Å². The molecule has 0 saturated heterocycles. The first-order valence-corrected chi connectivity index (χ1v) is 8.77. The van der Waals surface area contributed by atoms with Crippen LogP contribution in [0.5, 0.6) is 0 Å². The first-order valence-electron chi connectivity index (χ1n) is 6.73. The van der Waals surface area contributed by atoms with Crippen molar-refractivity contribution in [2.75, 3.05) is 6.26 Å². The number of nitrogens with zero attached hydrogens (tertiary/aromatic N) is 3. The number of pyridine rings is 1. The van der Waals surface area contributed by atoms with Gasteiger partial charge in [-0.15, -0.1) is 23.1 Å². The molecule has 0 amide bonds. The third-order valence-electron chi connectivity index (χ3n) is 3.39. The van der Waals surface area contributed by atoms with Crippen molar-refractivity contribution in [1.82, 2.24) is 19.9 Å². The Kier molecular flexibility index (Phi) is 3.40. The van der Waals surface area contributed by atoms with Gasteiger partial charge >= 0.3 is 0 Å². The number of hydrogen-bond acceptors (Lipinski definition) is 5. The summed E-state index contributed by atoms with van der Waals surface area (Å²) in [6, 6.07) is 10.4. The Labute approximate surface area is 135 Å². The predicted octanol–water partition coefficient (Wildman–Crippen LogP) is 4.47. The van der Waals surface area contributed by atoms with Gasteiger partial charge in [0.05, 0.1) is 34.1 Å². The summed E-state index contributed by atoms with van der Waals surface area (Å²) in [4.78, 5) is 17.6. The standard InChI is InChI=1S/C16H12N4S2/c1-21-11-3-4-12(18-7-11)16-20-13-6-10(2-5-15(13)22-16)14-8-17-9-19-14/h2-9H,1H3,(H,17,19). The predicted molar refractivity (Wildman–Crippen MR) is 92.2 cm³/mol. The second kappa shape index (κ2) is 5.55. The van der Waals surface area contributed by atoms with Crippen LogP contribution in [0, 0.1) is 0 Å². The minimum absolute atomic E-state index is 0.919. The van der Waals surface area contributed by atoms with Gasteiger partial charge in [0.1, 0.15) is 5.01 Å². The van der Waals surface area contributed by atoms with Crippen LogP contribution in [-0.2, 0) is 0 Å². The largest absolute Gasteiger partial charge is 0.345 e. The highest BCUT2D eigenvalue weighted by Gasteiger charge is 2.09. The van der Waals surface area contributed by atoms with Crippen LogP contribution in [-0.4, -0.2) is 26.2 Å². The minimum Gasteiger partial charge on any atom is -0.345 e. The van der Waals surface area contributed by atoms with E-state index in [4.69, 9.17) is 4.98 Å². The van der Waals surface area contributed by atoms with E-state index >= 15 is 0 Å². The molecule has 0 atom stereocenters. The lowest BCUT2D eigenvalue weighted by molar-refractivity contribution is 1.23. The molecule has 1 N–H and O–H groups in total. The van der Waals surface area contributed by atoms with Crippen LogP contribution >= 0.6 is 23.1 Å². The van der Waals surface area contributed by atoms with Crippen molar-refractivity contribution < 1.29 is 0 Å². The minimum atomic E-state index is 0.919. The molecule has 3 aromatic heterocycles. The normalized spacial score (nSPS) is 11.1. The molecule has 22 heavy (non-hydrogen) atoms. The Morgan fingerprint density at radius 1 is 1.14 bits per heavy atom. The molecule has 0 saturated carbocycles. The summed E-state index contributed by atoms with van der Waals surface area (Å²) in [5.74, 6) is 0. The number of thiazole rings is 1. The van der Waals surface area contributed by atoms with Gasteiger partial charge in [0.15, 0.2) is 0 Å². The van der Waals surface area contributed by atoms with Crippen LogP contribution < -0.4 is 0 Å². The van der Waals surface area contributed by atoms with Crippen LogP contribution in [0.4, 0.5) is 0 Å². The lowest BCUT2D eigenvalue weighted by Crippen LogP contribution is -1.82.